The number of anilines is 2. The van der Waals surface area contributed by atoms with Crippen LogP contribution in [0, 0.1) is 0 Å². The Labute approximate surface area is 190 Å². The fourth-order valence-corrected chi connectivity index (χ4v) is 3.80. The number of rotatable bonds is 9. The first kappa shape index (κ1) is 23.4. The van der Waals surface area contributed by atoms with Gasteiger partial charge < -0.3 is 24.6 Å². The molecule has 1 saturated heterocycles. The van der Waals surface area contributed by atoms with Gasteiger partial charge >= 0.3 is 0 Å². The van der Waals surface area contributed by atoms with Crippen molar-refractivity contribution in [2.45, 2.75) is 32.6 Å². The van der Waals surface area contributed by atoms with Gasteiger partial charge in [0, 0.05) is 55.6 Å². The van der Waals surface area contributed by atoms with Gasteiger partial charge in [0.1, 0.15) is 11.5 Å². The molecule has 2 amide bonds. The number of benzene rings is 2. The molecule has 3 rings (SSSR count). The highest BCUT2D eigenvalue weighted by atomic mass is 16.5. The standard InChI is InChI=1S/C25H33N3O4/c1-4-5-6-7-24(29)28-14-12-27(13-15-28)21-10-8-20(9-11-21)26-25(30)19-16-22(31-2)18-23(17-19)32-3/h8-11,16-18H,4-7,12-15H2,1-3H3,(H,26,30). The van der Waals surface area contributed by atoms with Crippen LogP contribution < -0.4 is 19.7 Å². The first-order chi connectivity index (χ1) is 15.5. The normalized spacial score (nSPS) is 13.6. The first-order valence-electron chi connectivity index (χ1n) is 11.2. The van der Waals surface area contributed by atoms with Crippen molar-refractivity contribution in [3.63, 3.8) is 0 Å². The van der Waals surface area contributed by atoms with E-state index in [0.29, 0.717) is 29.2 Å². The van der Waals surface area contributed by atoms with Crippen LogP contribution in [-0.2, 0) is 4.79 Å². The molecule has 0 unspecified atom stereocenters. The maximum atomic E-state index is 12.7. The fourth-order valence-electron chi connectivity index (χ4n) is 3.80. The molecular weight excluding hydrogens is 406 g/mol. The SMILES string of the molecule is CCCCCC(=O)N1CCN(c2ccc(NC(=O)c3cc(OC)cc(OC)c3)cc2)CC1. The topological polar surface area (TPSA) is 71.1 Å². The lowest BCUT2D eigenvalue weighted by molar-refractivity contribution is -0.131. The van der Waals surface area contributed by atoms with Crippen LogP contribution in [0.15, 0.2) is 42.5 Å². The number of hydrogen-bond donors (Lipinski definition) is 1. The number of amides is 2. The van der Waals surface area contributed by atoms with E-state index in [-0.39, 0.29) is 11.8 Å². The number of nitrogens with one attached hydrogen (secondary N) is 1. The van der Waals surface area contributed by atoms with Crippen molar-refractivity contribution in [1.29, 1.82) is 0 Å². The highest BCUT2D eigenvalue weighted by Crippen LogP contribution is 2.24. The predicted octanol–water partition coefficient (Wildman–Crippen LogP) is 4.19. The van der Waals surface area contributed by atoms with E-state index in [1.54, 1.807) is 32.4 Å². The summed E-state index contributed by atoms with van der Waals surface area (Å²) in [5.74, 6) is 1.16. The molecule has 7 heteroatoms. The molecule has 2 aromatic carbocycles. The molecule has 1 aliphatic rings. The average Bonchev–Trinajstić information content (AvgIpc) is 2.84. The van der Waals surface area contributed by atoms with Crippen LogP contribution in [-0.4, -0.2) is 57.1 Å². The summed E-state index contributed by atoms with van der Waals surface area (Å²) >= 11 is 0. The van der Waals surface area contributed by atoms with E-state index in [9.17, 15) is 9.59 Å². The zero-order valence-corrected chi connectivity index (χ0v) is 19.2. The summed E-state index contributed by atoms with van der Waals surface area (Å²) in [5, 5.41) is 2.92. The minimum absolute atomic E-state index is 0.231. The number of methoxy groups -OCH3 is 2. The Kier molecular flexibility index (Phi) is 8.36. The van der Waals surface area contributed by atoms with E-state index >= 15 is 0 Å². The Hall–Kier alpha value is -3.22. The lowest BCUT2D eigenvalue weighted by atomic mass is 10.1. The molecule has 32 heavy (non-hydrogen) atoms. The predicted molar refractivity (Wildman–Crippen MR) is 127 cm³/mol. The molecule has 0 spiro atoms. The fraction of sp³-hybridized carbons (Fsp3) is 0.440. The smallest absolute Gasteiger partial charge is 0.255 e. The van der Waals surface area contributed by atoms with Crippen LogP contribution >= 0.6 is 0 Å². The zero-order chi connectivity index (χ0) is 22.9. The van der Waals surface area contributed by atoms with Crippen LogP contribution in [0.2, 0.25) is 0 Å². The summed E-state index contributed by atoms with van der Waals surface area (Å²) < 4.78 is 10.5. The third-order valence-electron chi connectivity index (χ3n) is 5.73. The van der Waals surface area contributed by atoms with E-state index in [1.807, 2.05) is 29.2 Å². The summed E-state index contributed by atoms with van der Waals surface area (Å²) in [6, 6.07) is 12.9. The molecular formula is C25H33N3O4. The number of unbranched alkanes of at least 4 members (excludes halogenated alkanes) is 2. The lowest BCUT2D eigenvalue weighted by Gasteiger charge is -2.36. The minimum Gasteiger partial charge on any atom is -0.497 e. The van der Waals surface area contributed by atoms with Crippen LogP contribution in [0.25, 0.3) is 0 Å². The molecule has 0 bridgehead atoms. The van der Waals surface area contributed by atoms with E-state index in [1.165, 1.54) is 0 Å². The number of ether oxygens (including phenoxy) is 2. The molecule has 1 heterocycles. The van der Waals surface area contributed by atoms with Gasteiger partial charge in [-0.05, 0) is 42.8 Å². The zero-order valence-electron chi connectivity index (χ0n) is 19.2. The van der Waals surface area contributed by atoms with Gasteiger partial charge in [-0.2, -0.15) is 0 Å². The monoisotopic (exact) mass is 439 g/mol. The molecule has 0 aliphatic carbocycles. The van der Waals surface area contributed by atoms with E-state index in [4.69, 9.17) is 9.47 Å². The van der Waals surface area contributed by atoms with Crippen molar-refractivity contribution >= 4 is 23.2 Å². The maximum absolute atomic E-state index is 12.7. The van der Waals surface area contributed by atoms with Gasteiger partial charge in [0.15, 0.2) is 0 Å². The molecule has 1 aliphatic heterocycles. The molecule has 0 radical (unpaired) electrons. The molecule has 0 saturated carbocycles. The number of hydrogen-bond acceptors (Lipinski definition) is 5. The summed E-state index contributed by atoms with van der Waals surface area (Å²) in [4.78, 5) is 29.2. The highest BCUT2D eigenvalue weighted by molar-refractivity contribution is 6.04. The van der Waals surface area contributed by atoms with E-state index in [2.05, 4.69) is 17.1 Å². The summed E-state index contributed by atoms with van der Waals surface area (Å²) in [7, 11) is 3.11. The molecule has 1 N–H and O–H groups in total. The van der Waals surface area contributed by atoms with Crippen molar-refractivity contribution in [3.05, 3.63) is 48.0 Å². The highest BCUT2D eigenvalue weighted by Gasteiger charge is 2.21. The van der Waals surface area contributed by atoms with Gasteiger partial charge in [-0.3, -0.25) is 9.59 Å². The Bertz CT molecular complexity index is 884. The third-order valence-corrected chi connectivity index (χ3v) is 5.73. The summed E-state index contributed by atoms with van der Waals surface area (Å²) in [6.45, 7) is 5.28. The quantitative estimate of drug-likeness (QED) is 0.594. The van der Waals surface area contributed by atoms with Gasteiger partial charge in [-0.15, -0.1) is 0 Å². The van der Waals surface area contributed by atoms with Crippen LogP contribution in [0.1, 0.15) is 43.0 Å². The molecule has 0 atom stereocenters. The lowest BCUT2D eigenvalue weighted by Crippen LogP contribution is -2.48. The Balaban J connectivity index is 1.54. The van der Waals surface area contributed by atoms with Crippen molar-refractivity contribution in [2.24, 2.45) is 0 Å². The molecule has 0 aromatic heterocycles. The second-order valence-electron chi connectivity index (χ2n) is 7.93. The molecule has 172 valence electrons. The van der Waals surface area contributed by atoms with Gasteiger partial charge in [0.05, 0.1) is 14.2 Å². The number of piperazine rings is 1. The van der Waals surface area contributed by atoms with Gasteiger partial charge in [-0.25, -0.2) is 0 Å². The second-order valence-corrected chi connectivity index (χ2v) is 7.93. The molecule has 7 nitrogen and oxygen atoms in total. The Morgan fingerprint density at radius 2 is 1.53 bits per heavy atom. The van der Waals surface area contributed by atoms with E-state index < -0.39 is 0 Å². The number of carbonyl (C=O) groups is 2. The first-order valence-corrected chi connectivity index (χ1v) is 11.2. The van der Waals surface area contributed by atoms with Crippen molar-refractivity contribution < 1.29 is 19.1 Å². The van der Waals surface area contributed by atoms with Gasteiger partial charge in [0.2, 0.25) is 5.91 Å². The Morgan fingerprint density at radius 3 is 2.09 bits per heavy atom. The number of carbonyl (C=O) groups excluding carboxylic acids is 2. The Morgan fingerprint density at radius 1 is 0.906 bits per heavy atom. The number of nitrogens with zero attached hydrogens (tertiary/aromatic N) is 2. The largest absolute Gasteiger partial charge is 0.497 e. The summed E-state index contributed by atoms with van der Waals surface area (Å²) in [6.07, 6.45) is 3.87. The van der Waals surface area contributed by atoms with Crippen LogP contribution in [0.4, 0.5) is 11.4 Å². The maximum Gasteiger partial charge on any atom is 0.255 e. The van der Waals surface area contributed by atoms with Crippen molar-refractivity contribution in [1.82, 2.24) is 4.90 Å². The second kappa shape index (κ2) is 11.4. The van der Waals surface area contributed by atoms with Gasteiger partial charge in [0.25, 0.3) is 5.91 Å². The van der Waals surface area contributed by atoms with Crippen LogP contribution in [0.3, 0.4) is 0 Å². The van der Waals surface area contributed by atoms with Crippen molar-refractivity contribution in [2.75, 3.05) is 50.6 Å². The summed E-state index contributed by atoms with van der Waals surface area (Å²) in [5.41, 5.74) is 2.26. The third kappa shape index (κ3) is 6.15. The van der Waals surface area contributed by atoms with Gasteiger partial charge in [-0.1, -0.05) is 19.8 Å². The van der Waals surface area contributed by atoms with Crippen LogP contribution in [0.5, 0.6) is 11.5 Å². The van der Waals surface area contributed by atoms with Crippen molar-refractivity contribution in [3.8, 4) is 11.5 Å². The average molecular weight is 440 g/mol. The minimum atomic E-state index is -0.231. The van der Waals surface area contributed by atoms with E-state index in [0.717, 1.165) is 51.1 Å². The molecule has 1 fully saturated rings. The molecule has 2 aromatic rings.